The molecule has 1 saturated heterocycles. The molecular weight excluding hydrogens is 310 g/mol. The molecule has 120 valence electrons. The predicted molar refractivity (Wildman–Crippen MR) is 91.5 cm³/mol. The summed E-state index contributed by atoms with van der Waals surface area (Å²) in [7, 11) is 2.13. The average molecular weight is 329 g/mol. The number of rotatable bonds is 3. The van der Waals surface area contributed by atoms with Gasteiger partial charge in [0.15, 0.2) is 16.6 Å². The monoisotopic (exact) mass is 329 g/mol. The quantitative estimate of drug-likeness (QED) is 0.730. The largest absolute Gasteiger partial charge is 0.351 e. The van der Waals surface area contributed by atoms with Gasteiger partial charge in [0, 0.05) is 25.0 Å². The maximum atomic E-state index is 4.65. The highest BCUT2D eigenvalue weighted by atomic mass is 32.1. The maximum Gasteiger partial charge on any atom is 0.185 e. The van der Waals surface area contributed by atoms with Gasteiger partial charge >= 0.3 is 0 Å². The van der Waals surface area contributed by atoms with Gasteiger partial charge in [-0.15, -0.1) is 26.6 Å². The molecule has 7 nitrogen and oxygen atoms in total. The first-order valence-electron chi connectivity index (χ1n) is 7.64. The van der Waals surface area contributed by atoms with E-state index >= 15 is 0 Å². The van der Waals surface area contributed by atoms with Crippen LogP contribution in [0.25, 0.3) is 5.65 Å². The van der Waals surface area contributed by atoms with Gasteiger partial charge in [0.1, 0.15) is 5.82 Å². The van der Waals surface area contributed by atoms with E-state index in [1.165, 1.54) is 4.88 Å². The molecule has 0 N–H and O–H groups in total. The van der Waals surface area contributed by atoms with Gasteiger partial charge in [0.05, 0.1) is 11.7 Å². The zero-order valence-electron chi connectivity index (χ0n) is 13.7. The molecule has 0 aromatic carbocycles. The summed E-state index contributed by atoms with van der Waals surface area (Å²) in [4.78, 5) is 10.5. The summed E-state index contributed by atoms with van der Waals surface area (Å²) in [6.45, 7) is 8.01. The molecule has 0 radical (unpaired) electrons. The van der Waals surface area contributed by atoms with E-state index in [-0.39, 0.29) is 0 Å². The lowest BCUT2D eigenvalue weighted by molar-refractivity contribution is 0.489. The van der Waals surface area contributed by atoms with Crippen molar-refractivity contribution >= 4 is 27.9 Å². The van der Waals surface area contributed by atoms with Gasteiger partial charge in [-0.05, 0) is 32.9 Å². The van der Waals surface area contributed by atoms with E-state index in [9.17, 15) is 0 Å². The van der Waals surface area contributed by atoms with E-state index in [2.05, 4.69) is 51.0 Å². The van der Waals surface area contributed by atoms with Gasteiger partial charge in [-0.2, -0.15) is 4.52 Å². The highest BCUT2D eigenvalue weighted by molar-refractivity contribution is 7.15. The fourth-order valence-corrected chi connectivity index (χ4v) is 3.65. The lowest BCUT2D eigenvalue weighted by atomic mass is 10.1. The molecule has 0 spiro atoms. The number of anilines is 2. The molecule has 0 unspecified atom stereocenters. The second-order valence-corrected chi connectivity index (χ2v) is 7.20. The molecular formula is C15H19N7S. The minimum absolute atomic E-state index is 0.472. The number of aromatic nitrogens is 5. The van der Waals surface area contributed by atoms with Crippen molar-refractivity contribution in [1.82, 2.24) is 24.8 Å². The van der Waals surface area contributed by atoms with Crippen LogP contribution in [0.4, 0.5) is 10.9 Å². The molecule has 8 heteroatoms. The fourth-order valence-electron chi connectivity index (χ4n) is 2.71. The molecule has 4 heterocycles. The van der Waals surface area contributed by atoms with Crippen LogP contribution >= 0.6 is 11.3 Å². The zero-order chi connectivity index (χ0) is 16.1. The predicted octanol–water partition coefficient (Wildman–Crippen LogP) is 1.83. The van der Waals surface area contributed by atoms with E-state index in [0.29, 0.717) is 6.04 Å². The first-order valence-corrected chi connectivity index (χ1v) is 8.45. The van der Waals surface area contributed by atoms with Gasteiger partial charge in [0.2, 0.25) is 0 Å². The van der Waals surface area contributed by atoms with Crippen LogP contribution in [0.15, 0.2) is 12.1 Å². The van der Waals surface area contributed by atoms with Crippen LogP contribution in [0, 0.1) is 20.8 Å². The van der Waals surface area contributed by atoms with Crippen LogP contribution in [-0.4, -0.2) is 51.0 Å². The van der Waals surface area contributed by atoms with Crippen LogP contribution < -0.4 is 9.80 Å². The molecule has 0 aliphatic carbocycles. The Morgan fingerprint density at radius 3 is 2.65 bits per heavy atom. The Labute approximate surface area is 138 Å². The third-order valence-corrected chi connectivity index (χ3v) is 5.62. The molecule has 1 aliphatic heterocycles. The number of likely N-dealkylation sites (N-methyl/N-ethyl adjacent to an activating group) is 1. The number of hydrogen-bond acceptors (Lipinski definition) is 7. The Morgan fingerprint density at radius 1 is 1.17 bits per heavy atom. The number of hydrogen-bond donors (Lipinski definition) is 0. The third-order valence-electron chi connectivity index (χ3n) is 4.46. The van der Waals surface area contributed by atoms with Gasteiger partial charge in [-0.1, -0.05) is 0 Å². The molecule has 4 rings (SSSR count). The summed E-state index contributed by atoms with van der Waals surface area (Å²) in [5, 5.41) is 13.9. The second kappa shape index (κ2) is 5.16. The molecule has 1 aliphatic rings. The minimum atomic E-state index is 0.472. The Bertz CT molecular complexity index is 842. The Kier molecular flexibility index (Phi) is 3.22. The van der Waals surface area contributed by atoms with Crippen molar-refractivity contribution in [3.05, 3.63) is 28.5 Å². The van der Waals surface area contributed by atoms with E-state index in [0.717, 1.165) is 41.2 Å². The number of fused-ring (bicyclic) bond motifs is 1. The van der Waals surface area contributed by atoms with Crippen molar-refractivity contribution in [3.63, 3.8) is 0 Å². The number of nitrogens with zero attached hydrogens (tertiary/aromatic N) is 7. The SMILES string of the molecule is Cc1nc(N(C)C2CN(c3ccc4nnc(C)n4n3)C2)sc1C. The summed E-state index contributed by atoms with van der Waals surface area (Å²) < 4.78 is 1.79. The summed E-state index contributed by atoms with van der Waals surface area (Å²) in [6, 6.07) is 4.45. The maximum absolute atomic E-state index is 4.65. The molecule has 0 saturated carbocycles. The fraction of sp³-hybridized carbons (Fsp3) is 0.467. The zero-order valence-corrected chi connectivity index (χ0v) is 14.5. The van der Waals surface area contributed by atoms with E-state index in [1.807, 2.05) is 19.1 Å². The van der Waals surface area contributed by atoms with E-state index in [4.69, 9.17) is 0 Å². The molecule has 0 bridgehead atoms. The molecule has 3 aromatic rings. The lowest BCUT2D eigenvalue weighted by Gasteiger charge is -2.44. The third kappa shape index (κ3) is 2.33. The molecule has 0 atom stereocenters. The summed E-state index contributed by atoms with van der Waals surface area (Å²) in [5.41, 5.74) is 1.91. The van der Waals surface area contributed by atoms with Crippen molar-refractivity contribution in [2.45, 2.75) is 26.8 Å². The summed E-state index contributed by atoms with van der Waals surface area (Å²) >= 11 is 1.76. The normalized spacial score (nSPS) is 15.2. The smallest absolute Gasteiger partial charge is 0.185 e. The van der Waals surface area contributed by atoms with E-state index < -0.39 is 0 Å². The Hall–Kier alpha value is -2.22. The highest BCUT2D eigenvalue weighted by Crippen LogP contribution is 2.29. The Morgan fingerprint density at radius 2 is 1.96 bits per heavy atom. The number of aryl methyl sites for hydroxylation is 3. The molecule has 3 aromatic heterocycles. The summed E-state index contributed by atoms with van der Waals surface area (Å²) in [6.07, 6.45) is 0. The second-order valence-electron chi connectivity index (χ2n) is 6.02. The van der Waals surface area contributed by atoms with Gasteiger partial charge in [-0.25, -0.2) is 4.98 Å². The topological polar surface area (TPSA) is 62.5 Å². The van der Waals surface area contributed by atoms with Crippen LogP contribution in [0.3, 0.4) is 0 Å². The first kappa shape index (κ1) is 14.4. The molecule has 23 heavy (non-hydrogen) atoms. The molecule has 0 amide bonds. The van der Waals surface area contributed by atoms with Crippen molar-refractivity contribution in [2.24, 2.45) is 0 Å². The van der Waals surface area contributed by atoms with Crippen LogP contribution in [-0.2, 0) is 0 Å². The molecule has 1 fully saturated rings. The van der Waals surface area contributed by atoms with Crippen LogP contribution in [0.2, 0.25) is 0 Å². The lowest BCUT2D eigenvalue weighted by Crippen LogP contribution is -2.59. The Balaban J connectivity index is 1.48. The van der Waals surface area contributed by atoms with Crippen LogP contribution in [0.5, 0.6) is 0 Å². The minimum Gasteiger partial charge on any atom is -0.351 e. The average Bonchev–Trinajstić information content (AvgIpc) is 3.01. The van der Waals surface area contributed by atoms with Gasteiger partial charge < -0.3 is 9.80 Å². The van der Waals surface area contributed by atoms with E-state index in [1.54, 1.807) is 15.9 Å². The standard InChI is InChI=1S/C15H19N7S/c1-9-10(2)23-15(16-9)20(4)12-7-21(8-12)14-6-5-13-18-17-11(3)22(13)19-14/h5-6,12H,7-8H2,1-4H3. The van der Waals surface area contributed by atoms with Crippen molar-refractivity contribution in [3.8, 4) is 0 Å². The highest BCUT2D eigenvalue weighted by Gasteiger charge is 2.32. The van der Waals surface area contributed by atoms with Crippen molar-refractivity contribution in [1.29, 1.82) is 0 Å². The van der Waals surface area contributed by atoms with Gasteiger partial charge in [-0.3, -0.25) is 0 Å². The van der Waals surface area contributed by atoms with Crippen LogP contribution in [0.1, 0.15) is 16.4 Å². The van der Waals surface area contributed by atoms with Crippen molar-refractivity contribution in [2.75, 3.05) is 29.9 Å². The van der Waals surface area contributed by atoms with Gasteiger partial charge in [0.25, 0.3) is 0 Å². The summed E-state index contributed by atoms with van der Waals surface area (Å²) in [5.74, 6) is 1.78. The first-order chi connectivity index (χ1) is 11.0. The van der Waals surface area contributed by atoms with Crippen molar-refractivity contribution < 1.29 is 0 Å². The number of thiazole rings is 1.